The maximum absolute atomic E-state index is 13.4. The van der Waals surface area contributed by atoms with Crippen molar-refractivity contribution in [1.29, 1.82) is 0 Å². The molecule has 1 aromatic rings. The van der Waals surface area contributed by atoms with Crippen LogP contribution in [0.25, 0.3) is 0 Å². The SMILES string of the molecule is CCNC(=NCCN1C(=O)CNC1=O)NC1CCCN(c2ccc(F)cc2C)C1. The second-order valence-corrected chi connectivity index (χ2v) is 7.33. The third-order valence-electron chi connectivity index (χ3n) is 5.14. The maximum atomic E-state index is 13.4. The van der Waals surface area contributed by atoms with Gasteiger partial charge in [0.15, 0.2) is 5.96 Å². The molecule has 1 aromatic carbocycles. The number of halogens is 1. The predicted molar refractivity (Wildman–Crippen MR) is 111 cm³/mol. The van der Waals surface area contributed by atoms with E-state index in [2.05, 4.69) is 25.8 Å². The highest BCUT2D eigenvalue weighted by Crippen LogP contribution is 2.24. The minimum atomic E-state index is -0.360. The number of rotatable bonds is 6. The standard InChI is InChI=1S/C20H29FN6O2/c1-3-22-19(23-8-10-27-18(28)12-24-20(27)29)25-16-5-4-9-26(13-16)17-7-6-15(21)11-14(17)2/h6-7,11,16H,3-5,8-10,12-13H2,1-2H3,(H,24,29)(H2,22,23,25). The minimum absolute atomic E-state index is 0.0571. The Bertz CT molecular complexity index is 768. The number of urea groups is 1. The molecule has 0 aliphatic carbocycles. The Kier molecular flexibility index (Phi) is 6.90. The van der Waals surface area contributed by atoms with Gasteiger partial charge in [-0.25, -0.2) is 9.18 Å². The van der Waals surface area contributed by atoms with Gasteiger partial charge in [0.05, 0.1) is 19.6 Å². The molecule has 2 saturated heterocycles. The van der Waals surface area contributed by atoms with Crippen LogP contribution in [0, 0.1) is 12.7 Å². The molecular weight excluding hydrogens is 375 g/mol. The average Bonchev–Trinajstić information content (AvgIpc) is 3.00. The summed E-state index contributed by atoms with van der Waals surface area (Å²) in [6.45, 7) is 7.01. The minimum Gasteiger partial charge on any atom is -0.369 e. The van der Waals surface area contributed by atoms with E-state index in [0.29, 0.717) is 19.0 Å². The maximum Gasteiger partial charge on any atom is 0.324 e. The number of nitrogens with one attached hydrogen (secondary N) is 3. The Morgan fingerprint density at radius 2 is 2.21 bits per heavy atom. The molecule has 1 atom stereocenters. The van der Waals surface area contributed by atoms with Crippen molar-refractivity contribution >= 4 is 23.6 Å². The van der Waals surface area contributed by atoms with E-state index >= 15 is 0 Å². The summed E-state index contributed by atoms with van der Waals surface area (Å²) < 4.78 is 13.4. The highest BCUT2D eigenvalue weighted by Gasteiger charge is 2.27. The largest absolute Gasteiger partial charge is 0.369 e. The second kappa shape index (κ2) is 9.58. The number of carbonyl (C=O) groups is 2. The van der Waals surface area contributed by atoms with Crippen LogP contribution in [0.2, 0.25) is 0 Å². The van der Waals surface area contributed by atoms with Crippen LogP contribution >= 0.6 is 0 Å². The molecule has 0 bridgehead atoms. The van der Waals surface area contributed by atoms with Gasteiger partial charge in [-0.15, -0.1) is 0 Å². The van der Waals surface area contributed by atoms with Gasteiger partial charge in [0.2, 0.25) is 5.91 Å². The highest BCUT2D eigenvalue weighted by molar-refractivity contribution is 6.01. The van der Waals surface area contributed by atoms with Crippen molar-refractivity contribution < 1.29 is 14.0 Å². The smallest absolute Gasteiger partial charge is 0.324 e. The Morgan fingerprint density at radius 1 is 1.38 bits per heavy atom. The molecule has 2 aliphatic rings. The first-order valence-electron chi connectivity index (χ1n) is 10.1. The molecule has 3 amide bonds. The zero-order chi connectivity index (χ0) is 20.8. The van der Waals surface area contributed by atoms with E-state index < -0.39 is 0 Å². The molecule has 158 valence electrons. The number of benzene rings is 1. The summed E-state index contributed by atoms with van der Waals surface area (Å²) in [6.07, 6.45) is 2.03. The van der Waals surface area contributed by atoms with E-state index in [1.165, 1.54) is 11.0 Å². The van der Waals surface area contributed by atoms with Gasteiger partial charge in [0, 0.05) is 31.4 Å². The number of aryl methyl sites for hydroxylation is 1. The molecule has 2 aliphatic heterocycles. The molecule has 2 fully saturated rings. The third-order valence-corrected chi connectivity index (χ3v) is 5.14. The lowest BCUT2D eigenvalue weighted by Gasteiger charge is -2.36. The number of guanidine groups is 1. The highest BCUT2D eigenvalue weighted by atomic mass is 19.1. The Labute approximate surface area is 170 Å². The van der Waals surface area contributed by atoms with E-state index in [4.69, 9.17) is 0 Å². The zero-order valence-corrected chi connectivity index (χ0v) is 17.0. The molecule has 3 rings (SSSR count). The summed E-state index contributed by atoms with van der Waals surface area (Å²) in [6, 6.07) is 4.74. The quantitative estimate of drug-likeness (QED) is 0.377. The normalized spacial score (nSPS) is 20.1. The molecule has 9 heteroatoms. The molecule has 0 aromatic heterocycles. The summed E-state index contributed by atoms with van der Waals surface area (Å²) in [4.78, 5) is 31.2. The summed E-state index contributed by atoms with van der Waals surface area (Å²) in [5.41, 5.74) is 1.98. The molecule has 29 heavy (non-hydrogen) atoms. The fourth-order valence-electron chi connectivity index (χ4n) is 3.74. The Hall–Kier alpha value is -2.84. The monoisotopic (exact) mass is 404 g/mol. The van der Waals surface area contributed by atoms with Crippen molar-refractivity contribution in [3.05, 3.63) is 29.6 Å². The van der Waals surface area contributed by atoms with Crippen LogP contribution in [0.3, 0.4) is 0 Å². The van der Waals surface area contributed by atoms with Crippen molar-refractivity contribution in [3.63, 3.8) is 0 Å². The van der Waals surface area contributed by atoms with Crippen molar-refractivity contribution in [2.24, 2.45) is 4.99 Å². The van der Waals surface area contributed by atoms with Crippen LogP contribution in [0.5, 0.6) is 0 Å². The number of hydrogen-bond donors (Lipinski definition) is 3. The van der Waals surface area contributed by atoms with Crippen LogP contribution in [0.15, 0.2) is 23.2 Å². The molecule has 0 radical (unpaired) electrons. The zero-order valence-electron chi connectivity index (χ0n) is 17.0. The van der Waals surface area contributed by atoms with E-state index in [9.17, 15) is 14.0 Å². The van der Waals surface area contributed by atoms with Crippen molar-refractivity contribution in [1.82, 2.24) is 20.9 Å². The third kappa shape index (κ3) is 5.36. The molecule has 0 spiro atoms. The molecule has 2 heterocycles. The first kappa shape index (κ1) is 20.9. The average molecular weight is 404 g/mol. The van der Waals surface area contributed by atoms with E-state index in [1.807, 2.05) is 19.9 Å². The first-order valence-corrected chi connectivity index (χ1v) is 10.1. The molecule has 0 saturated carbocycles. The van der Waals surface area contributed by atoms with Gasteiger partial charge in [0.1, 0.15) is 5.82 Å². The van der Waals surface area contributed by atoms with E-state index in [-0.39, 0.29) is 36.9 Å². The number of anilines is 1. The number of imide groups is 1. The number of amides is 3. The molecular formula is C20H29FN6O2. The van der Waals surface area contributed by atoms with Gasteiger partial charge in [-0.1, -0.05) is 0 Å². The fourth-order valence-corrected chi connectivity index (χ4v) is 3.74. The van der Waals surface area contributed by atoms with Gasteiger partial charge in [-0.05, 0) is 50.5 Å². The van der Waals surface area contributed by atoms with Crippen LogP contribution in [0.4, 0.5) is 14.9 Å². The van der Waals surface area contributed by atoms with Crippen LogP contribution in [-0.2, 0) is 4.79 Å². The number of nitrogens with zero attached hydrogens (tertiary/aromatic N) is 3. The number of aliphatic imine (C=N–C) groups is 1. The topological polar surface area (TPSA) is 89.1 Å². The Balaban J connectivity index is 1.59. The molecule has 1 unspecified atom stereocenters. The lowest BCUT2D eigenvalue weighted by molar-refractivity contribution is -0.124. The lowest BCUT2D eigenvalue weighted by atomic mass is 10.0. The summed E-state index contributed by atoms with van der Waals surface area (Å²) >= 11 is 0. The first-order chi connectivity index (χ1) is 14.0. The molecule has 3 N–H and O–H groups in total. The van der Waals surface area contributed by atoms with Gasteiger partial charge in [-0.2, -0.15) is 0 Å². The van der Waals surface area contributed by atoms with Gasteiger partial charge in [-0.3, -0.25) is 14.7 Å². The second-order valence-electron chi connectivity index (χ2n) is 7.33. The van der Waals surface area contributed by atoms with Gasteiger partial charge < -0.3 is 20.9 Å². The van der Waals surface area contributed by atoms with Crippen molar-refractivity contribution in [3.8, 4) is 0 Å². The lowest BCUT2D eigenvalue weighted by Crippen LogP contribution is -2.51. The number of carbonyl (C=O) groups excluding carboxylic acids is 2. The number of hydrogen-bond acceptors (Lipinski definition) is 4. The summed E-state index contributed by atoms with van der Waals surface area (Å²) in [5.74, 6) is 0.229. The predicted octanol–water partition coefficient (Wildman–Crippen LogP) is 1.21. The van der Waals surface area contributed by atoms with Crippen molar-refractivity contribution in [2.45, 2.75) is 32.7 Å². The van der Waals surface area contributed by atoms with E-state index in [1.54, 1.807) is 6.07 Å². The fraction of sp³-hybridized carbons (Fsp3) is 0.550. The molecule has 8 nitrogen and oxygen atoms in total. The summed E-state index contributed by atoms with van der Waals surface area (Å²) in [5, 5.41) is 9.18. The van der Waals surface area contributed by atoms with Crippen LogP contribution < -0.4 is 20.9 Å². The van der Waals surface area contributed by atoms with Gasteiger partial charge >= 0.3 is 6.03 Å². The van der Waals surface area contributed by atoms with Gasteiger partial charge in [0.25, 0.3) is 0 Å². The summed E-state index contributed by atoms with van der Waals surface area (Å²) in [7, 11) is 0. The Morgan fingerprint density at radius 3 is 2.90 bits per heavy atom. The van der Waals surface area contributed by atoms with Crippen LogP contribution in [-0.4, -0.2) is 68.1 Å². The van der Waals surface area contributed by atoms with Crippen LogP contribution in [0.1, 0.15) is 25.3 Å². The van der Waals surface area contributed by atoms with Crippen molar-refractivity contribution in [2.75, 3.05) is 44.2 Å². The number of piperidine rings is 1. The van der Waals surface area contributed by atoms with E-state index in [0.717, 1.165) is 37.2 Å².